The SMILES string of the molecule is Cc1ccccc1-c1c[n+]2c(cc1C)-c1cc3c4cccc5c6ccccc6n(c3cc1CC1C(CC=C2)c2ccccc2-c2cccc[n+]21)c54. The van der Waals surface area contributed by atoms with E-state index in [2.05, 4.69) is 179 Å². The molecule has 0 bridgehead atoms. The summed E-state index contributed by atoms with van der Waals surface area (Å²) in [6, 6.07) is 48.0. The van der Waals surface area contributed by atoms with Gasteiger partial charge in [-0.25, -0.2) is 0 Å². The number of pyridine rings is 2. The summed E-state index contributed by atoms with van der Waals surface area (Å²) in [6.07, 6.45) is 11.3. The van der Waals surface area contributed by atoms with Crippen molar-refractivity contribution in [2.75, 3.05) is 0 Å². The van der Waals surface area contributed by atoms with Crippen molar-refractivity contribution in [3.05, 3.63) is 168 Å². The Hall–Kier alpha value is -6.06. The topological polar surface area (TPSA) is 12.2 Å². The molecule has 9 aromatic rings. The molecule has 0 saturated carbocycles. The first kappa shape index (κ1) is 28.7. The average Bonchev–Trinajstić information content (AvgIpc) is 3.68. The first-order valence-electron chi connectivity index (χ1n) is 18.2. The molecule has 4 aromatic heterocycles. The Kier molecular flexibility index (Phi) is 6.04. The second-order valence-electron chi connectivity index (χ2n) is 14.6. The Labute approximate surface area is 297 Å². The van der Waals surface area contributed by atoms with E-state index in [1.165, 1.54) is 94.0 Å². The third-order valence-electron chi connectivity index (χ3n) is 11.9. The number of hydrogen-bond donors (Lipinski definition) is 0. The van der Waals surface area contributed by atoms with E-state index in [9.17, 15) is 0 Å². The molecule has 3 heteroatoms. The number of fused-ring (bicyclic) bond motifs is 15. The van der Waals surface area contributed by atoms with Crippen LogP contribution in [0, 0.1) is 13.8 Å². The largest absolute Gasteiger partial charge is 0.308 e. The van der Waals surface area contributed by atoms with Crippen LogP contribution >= 0.6 is 0 Å². The molecule has 2 atom stereocenters. The van der Waals surface area contributed by atoms with Gasteiger partial charge in [-0.05, 0) is 84.5 Å². The smallest absolute Gasteiger partial charge is 0.218 e. The van der Waals surface area contributed by atoms with E-state index in [1.807, 2.05) is 0 Å². The van der Waals surface area contributed by atoms with Gasteiger partial charge in [0.25, 0.3) is 0 Å². The van der Waals surface area contributed by atoms with Crippen LogP contribution in [0.5, 0.6) is 0 Å². The molecule has 2 unspecified atom stereocenters. The molecule has 0 fully saturated rings. The van der Waals surface area contributed by atoms with Gasteiger partial charge in [-0.2, -0.15) is 9.13 Å². The summed E-state index contributed by atoms with van der Waals surface area (Å²) in [7, 11) is 0. The van der Waals surface area contributed by atoms with Crippen LogP contribution in [-0.2, 0) is 6.42 Å². The molecule has 2 aliphatic heterocycles. The van der Waals surface area contributed by atoms with Gasteiger partial charge in [0, 0.05) is 57.3 Å². The number of allylic oxidation sites excluding steroid dienone is 1. The highest BCUT2D eigenvalue weighted by molar-refractivity contribution is 6.23. The van der Waals surface area contributed by atoms with Crippen molar-refractivity contribution in [1.29, 1.82) is 0 Å². The average molecular weight is 656 g/mol. The van der Waals surface area contributed by atoms with Crippen molar-refractivity contribution in [2.24, 2.45) is 0 Å². The molecule has 242 valence electrons. The van der Waals surface area contributed by atoms with E-state index in [-0.39, 0.29) is 6.04 Å². The van der Waals surface area contributed by atoms with Crippen LogP contribution in [0.15, 0.2) is 146 Å². The second-order valence-corrected chi connectivity index (χ2v) is 14.6. The first-order valence-corrected chi connectivity index (χ1v) is 18.2. The molecule has 2 aliphatic rings. The van der Waals surface area contributed by atoms with E-state index in [4.69, 9.17) is 0 Å². The Morgan fingerprint density at radius 2 is 1.35 bits per heavy atom. The fourth-order valence-corrected chi connectivity index (χ4v) is 9.59. The lowest BCUT2D eigenvalue weighted by atomic mass is 9.78. The maximum atomic E-state index is 2.57. The van der Waals surface area contributed by atoms with Crippen molar-refractivity contribution in [2.45, 2.75) is 38.6 Å². The second kappa shape index (κ2) is 10.7. The van der Waals surface area contributed by atoms with Gasteiger partial charge in [0.05, 0.1) is 28.0 Å². The molecule has 11 rings (SSSR count). The molecule has 6 heterocycles. The summed E-state index contributed by atoms with van der Waals surface area (Å²) >= 11 is 0. The predicted molar refractivity (Wildman–Crippen MR) is 209 cm³/mol. The normalized spacial score (nSPS) is 16.6. The van der Waals surface area contributed by atoms with Gasteiger partial charge in [-0.15, -0.1) is 0 Å². The molecule has 5 aromatic carbocycles. The van der Waals surface area contributed by atoms with Crippen molar-refractivity contribution >= 4 is 44.3 Å². The molecule has 3 nitrogen and oxygen atoms in total. The lowest BCUT2D eigenvalue weighted by Gasteiger charge is -2.30. The first-order chi connectivity index (χ1) is 25.1. The lowest BCUT2D eigenvalue weighted by Crippen LogP contribution is -2.48. The van der Waals surface area contributed by atoms with Gasteiger partial charge in [-0.1, -0.05) is 78.9 Å². The zero-order valence-corrected chi connectivity index (χ0v) is 28.8. The van der Waals surface area contributed by atoms with Crippen molar-refractivity contribution in [1.82, 2.24) is 4.40 Å². The van der Waals surface area contributed by atoms with Gasteiger partial charge in [0.2, 0.25) is 11.4 Å². The van der Waals surface area contributed by atoms with E-state index in [0.717, 1.165) is 12.8 Å². The van der Waals surface area contributed by atoms with E-state index >= 15 is 0 Å². The fourth-order valence-electron chi connectivity index (χ4n) is 9.59. The molecule has 0 amide bonds. The molecule has 0 N–H and O–H groups in total. The van der Waals surface area contributed by atoms with Crippen LogP contribution in [0.1, 0.15) is 40.6 Å². The minimum atomic E-state index is 0.265. The van der Waals surface area contributed by atoms with Gasteiger partial charge in [0.1, 0.15) is 0 Å². The Bertz CT molecular complexity index is 2910. The Morgan fingerprint density at radius 3 is 2.25 bits per heavy atom. The van der Waals surface area contributed by atoms with Crippen molar-refractivity contribution in [3.63, 3.8) is 0 Å². The minimum Gasteiger partial charge on any atom is -0.308 e. The Morgan fingerprint density at radius 1 is 0.588 bits per heavy atom. The van der Waals surface area contributed by atoms with Crippen LogP contribution in [0.4, 0.5) is 0 Å². The Balaban J connectivity index is 1.24. The summed E-state index contributed by atoms with van der Waals surface area (Å²) in [5.41, 5.74) is 17.1. The maximum Gasteiger partial charge on any atom is 0.218 e. The maximum absolute atomic E-state index is 2.57. The van der Waals surface area contributed by atoms with Gasteiger partial charge in [-0.3, -0.25) is 0 Å². The number of aromatic nitrogens is 3. The predicted octanol–water partition coefficient (Wildman–Crippen LogP) is 10.8. The van der Waals surface area contributed by atoms with Crippen LogP contribution in [0.3, 0.4) is 0 Å². The molecular formula is C48H37N3+2. The zero-order chi connectivity index (χ0) is 33.8. The van der Waals surface area contributed by atoms with Crippen LogP contribution in [-0.4, -0.2) is 4.40 Å². The third kappa shape index (κ3) is 4.06. The number of nitrogens with zero attached hydrogens (tertiary/aromatic N) is 3. The summed E-state index contributed by atoms with van der Waals surface area (Å²) in [5, 5.41) is 5.27. The highest BCUT2D eigenvalue weighted by Crippen LogP contribution is 2.45. The number of benzene rings is 5. The lowest BCUT2D eigenvalue weighted by molar-refractivity contribution is -0.718. The highest BCUT2D eigenvalue weighted by Gasteiger charge is 2.40. The monoisotopic (exact) mass is 655 g/mol. The molecule has 0 spiro atoms. The fraction of sp³-hybridized carbons (Fsp3) is 0.125. The third-order valence-corrected chi connectivity index (χ3v) is 11.9. The number of aryl methyl sites for hydroxylation is 2. The number of rotatable bonds is 1. The molecular weight excluding hydrogens is 619 g/mol. The van der Waals surface area contributed by atoms with E-state index in [1.54, 1.807) is 0 Å². The van der Waals surface area contributed by atoms with Crippen LogP contribution < -0.4 is 9.13 Å². The van der Waals surface area contributed by atoms with Gasteiger partial charge < -0.3 is 4.40 Å². The van der Waals surface area contributed by atoms with Crippen molar-refractivity contribution < 1.29 is 9.13 Å². The zero-order valence-electron chi connectivity index (χ0n) is 28.8. The molecule has 51 heavy (non-hydrogen) atoms. The summed E-state index contributed by atoms with van der Waals surface area (Å²) in [5.74, 6) is 0.332. The van der Waals surface area contributed by atoms with Crippen LogP contribution in [0.25, 0.3) is 77.9 Å². The van der Waals surface area contributed by atoms with E-state index < -0.39 is 0 Å². The van der Waals surface area contributed by atoms with Gasteiger partial charge in [0.15, 0.2) is 24.6 Å². The molecule has 0 saturated heterocycles. The summed E-state index contributed by atoms with van der Waals surface area (Å²) in [4.78, 5) is 0. The highest BCUT2D eigenvalue weighted by atomic mass is 15.0. The summed E-state index contributed by atoms with van der Waals surface area (Å²) in [6.45, 7) is 4.49. The number of para-hydroxylation sites is 2. The molecule has 0 radical (unpaired) electrons. The van der Waals surface area contributed by atoms with Crippen molar-refractivity contribution in [3.8, 4) is 33.6 Å². The van der Waals surface area contributed by atoms with Crippen LogP contribution in [0.2, 0.25) is 0 Å². The van der Waals surface area contributed by atoms with Gasteiger partial charge >= 0.3 is 0 Å². The summed E-state index contributed by atoms with van der Waals surface area (Å²) < 4.78 is 7.50. The quantitative estimate of drug-likeness (QED) is 0.156. The standard InChI is InChI=1S/C48H37N3/c1-30-13-3-4-14-33(30)42-29-49-23-12-20-36-34-15-5-6-16-35(34)43-21-9-10-24-50(43)46(36)26-32-27-47-41(28-40(32)45(49)25-31(42)2)39-19-11-18-38-37-17-7-8-22-44(37)51(47)48(38)39/h3-19,21-25,27-29,36,46H,20,26H2,1-2H3/q+2. The number of hydrogen-bond acceptors (Lipinski definition) is 0. The minimum absolute atomic E-state index is 0.265. The van der Waals surface area contributed by atoms with E-state index in [0.29, 0.717) is 5.92 Å². The molecule has 0 aliphatic carbocycles.